The molecule has 0 saturated carbocycles. The van der Waals surface area contributed by atoms with Crippen LogP contribution in [0.2, 0.25) is 0 Å². The molecule has 1 unspecified atom stereocenters. The van der Waals surface area contributed by atoms with E-state index in [0.29, 0.717) is 5.56 Å². The molecule has 1 aromatic carbocycles. The van der Waals surface area contributed by atoms with Gasteiger partial charge in [0.1, 0.15) is 23.4 Å². The first-order valence-corrected chi connectivity index (χ1v) is 10.2. The molecule has 13 heteroatoms. The van der Waals surface area contributed by atoms with Crippen LogP contribution < -0.4 is 15.8 Å². The maximum atomic E-state index is 12.6. The monoisotopic (exact) mass is 489 g/mol. The van der Waals surface area contributed by atoms with Crippen LogP contribution in [0.1, 0.15) is 41.1 Å². The Morgan fingerprint density at radius 3 is 2.20 bits per heavy atom. The summed E-state index contributed by atoms with van der Waals surface area (Å²) in [5.41, 5.74) is 5.80. The van der Waals surface area contributed by atoms with Crippen molar-refractivity contribution < 1.29 is 48.4 Å². The fourth-order valence-electron chi connectivity index (χ4n) is 2.99. The number of amides is 1. The molecule has 2 atom stereocenters. The summed E-state index contributed by atoms with van der Waals surface area (Å²) < 4.78 is 10.6. The number of nitrogen functional groups attached to an aromatic ring is 1. The van der Waals surface area contributed by atoms with E-state index in [1.165, 1.54) is 36.4 Å². The number of hydrogen-bond donors (Lipinski definition) is 6. The van der Waals surface area contributed by atoms with E-state index in [1.807, 2.05) is 0 Å². The molecular weight excluding hydrogens is 466 g/mol. The van der Waals surface area contributed by atoms with Crippen LogP contribution in [0.15, 0.2) is 40.8 Å². The van der Waals surface area contributed by atoms with Crippen molar-refractivity contribution in [2.24, 2.45) is 11.7 Å². The highest BCUT2D eigenvalue weighted by Crippen LogP contribution is 2.20. The second-order valence-electron chi connectivity index (χ2n) is 7.42. The molecule has 1 aromatic heterocycles. The Morgan fingerprint density at radius 1 is 1.00 bits per heavy atom. The number of aliphatic carboxylic acids is 3. The molecule has 1 heterocycles. The van der Waals surface area contributed by atoms with Gasteiger partial charge in [-0.25, -0.2) is 9.59 Å². The highest BCUT2D eigenvalue weighted by molar-refractivity contribution is 5.95. The van der Waals surface area contributed by atoms with E-state index in [4.69, 9.17) is 35.6 Å². The molecule has 35 heavy (non-hydrogen) atoms. The first-order chi connectivity index (χ1) is 16.5. The summed E-state index contributed by atoms with van der Waals surface area (Å²) in [6.07, 6.45) is -1.65. The minimum Gasteiger partial charge on any atom is -0.481 e. The maximum Gasteiger partial charge on any atom is 0.379 e. The summed E-state index contributed by atoms with van der Waals surface area (Å²) in [6, 6.07) is 6.80. The van der Waals surface area contributed by atoms with Gasteiger partial charge in [-0.15, -0.1) is 0 Å². The van der Waals surface area contributed by atoms with Gasteiger partial charge in [0.25, 0.3) is 0 Å². The van der Waals surface area contributed by atoms with E-state index in [9.17, 15) is 24.0 Å². The third kappa shape index (κ3) is 8.31. The van der Waals surface area contributed by atoms with Gasteiger partial charge in [0.05, 0.1) is 6.42 Å². The van der Waals surface area contributed by atoms with E-state index >= 15 is 0 Å². The number of nitrogens with one attached hydrogen (secondary N) is 2. The van der Waals surface area contributed by atoms with Crippen molar-refractivity contribution in [3.8, 4) is 5.75 Å². The van der Waals surface area contributed by atoms with E-state index < -0.39 is 54.6 Å². The molecule has 0 fully saturated rings. The molecule has 13 nitrogen and oxygen atoms in total. The number of benzene rings is 1. The van der Waals surface area contributed by atoms with Crippen molar-refractivity contribution in [2.75, 3.05) is 0 Å². The standard InChI is InChI=1S/C22H23N3O10/c23-19(24)11-1-4-13(5-2-11)35-22(33)16-7-6-14(34-16)9-12(3-8-17(26)27)20(30)25-15(21(31)32)10-18(28)29/h1-2,4-7,12,15H,3,8-10H2,(H3,23,24)(H,25,30)(H,26,27)(H,28,29)(H,31,32)/t12?,15-/m0/s1. The Balaban J connectivity index is 2.10. The molecule has 7 N–H and O–H groups in total. The van der Waals surface area contributed by atoms with E-state index in [1.54, 1.807) is 0 Å². The van der Waals surface area contributed by atoms with Crippen molar-refractivity contribution in [1.29, 1.82) is 5.41 Å². The van der Waals surface area contributed by atoms with Crippen LogP contribution in [-0.4, -0.2) is 57.0 Å². The van der Waals surface area contributed by atoms with Crippen LogP contribution in [-0.2, 0) is 25.6 Å². The highest BCUT2D eigenvalue weighted by Gasteiger charge is 2.28. The lowest BCUT2D eigenvalue weighted by Crippen LogP contribution is -2.45. The van der Waals surface area contributed by atoms with Crippen molar-refractivity contribution in [3.05, 3.63) is 53.5 Å². The van der Waals surface area contributed by atoms with Gasteiger partial charge in [-0.2, -0.15) is 0 Å². The van der Waals surface area contributed by atoms with Gasteiger partial charge in [0, 0.05) is 24.3 Å². The third-order valence-electron chi connectivity index (χ3n) is 4.76. The summed E-state index contributed by atoms with van der Waals surface area (Å²) in [5, 5.41) is 36.4. The van der Waals surface area contributed by atoms with Gasteiger partial charge in [-0.1, -0.05) is 0 Å². The second-order valence-corrected chi connectivity index (χ2v) is 7.42. The number of hydrogen-bond acceptors (Lipinski definition) is 8. The molecule has 2 rings (SSSR count). The average Bonchev–Trinajstić information content (AvgIpc) is 3.24. The minimum absolute atomic E-state index is 0.125. The Labute approximate surface area is 198 Å². The number of rotatable bonds is 13. The first kappa shape index (κ1) is 26.6. The zero-order valence-corrected chi connectivity index (χ0v) is 18.2. The smallest absolute Gasteiger partial charge is 0.379 e. The van der Waals surface area contributed by atoms with E-state index in [0.717, 1.165) is 0 Å². The molecule has 0 saturated heterocycles. The van der Waals surface area contributed by atoms with Gasteiger partial charge in [-0.3, -0.25) is 19.8 Å². The number of carboxylic acids is 3. The number of ether oxygens (including phenoxy) is 1. The molecule has 186 valence electrons. The fraction of sp³-hybridized carbons (Fsp3) is 0.273. The molecule has 0 aliphatic heterocycles. The van der Waals surface area contributed by atoms with Gasteiger partial charge in [0.2, 0.25) is 11.7 Å². The van der Waals surface area contributed by atoms with Crippen LogP contribution in [0.4, 0.5) is 0 Å². The molecule has 0 bridgehead atoms. The number of carboxylic acid groups (broad SMARTS) is 3. The molecule has 0 aliphatic carbocycles. The second kappa shape index (κ2) is 12.0. The van der Waals surface area contributed by atoms with Crippen LogP contribution in [0.3, 0.4) is 0 Å². The van der Waals surface area contributed by atoms with E-state index in [2.05, 4.69) is 5.32 Å². The Morgan fingerprint density at radius 2 is 1.66 bits per heavy atom. The Kier molecular flexibility index (Phi) is 9.09. The predicted octanol–water partition coefficient (Wildman–Crippen LogP) is 0.850. The van der Waals surface area contributed by atoms with Crippen molar-refractivity contribution in [2.45, 2.75) is 31.7 Å². The number of amidine groups is 1. The molecule has 0 aliphatic rings. The summed E-state index contributed by atoms with van der Waals surface area (Å²) in [7, 11) is 0. The topological polar surface area (TPSA) is 230 Å². The van der Waals surface area contributed by atoms with E-state index in [-0.39, 0.29) is 35.9 Å². The summed E-state index contributed by atoms with van der Waals surface area (Å²) >= 11 is 0. The molecular formula is C22H23N3O10. The zero-order valence-electron chi connectivity index (χ0n) is 18.2. The summed E-state index contributed by atoms with van der Waals surface area (Å²) in [4.78, 5) is 58.0. The van der Waals surface area contributed by atoms with Crippen molar-refractivity contribution in [1.82, 2.24) is 5.32 Å². The highest BCUT2D eigenvalue weighted by atomic mass is 16.5. The molecule has 2 aromatic rings. The van der Waals surface area contributed by atoms with Crippen LogP contribution in [0, 0.1) is 11.3 Å². The number of carbonyl (C=O) groups is 5. The normalized spacial score (nSPS) is 12.2. The third-order valence-corrected chi connectivity index (χ3v) is 4.76. The van der Waals surface area contributed by atoms with Gasteiger partial charge >= 0.3 is 23.9 Å². The summed E-state index contributed by atoms with van der Waals surface area (Å²) in [5.74, 6) is -7.06. The largest absolute Gasteiger partial charge is 0.481 e. The summed E-state index contributed by atoms with van der Waals surface area (Å²) in [6.45, 7) is 0. The molecule has 0 spiro atoms. The van der Waals surface area contributed by atoms with Crippen LogP contribution >= 0.6 is 0 Å². The lowest BCUT2D eigenvalue weighted by Gasteiger charge is -2.18. The van der Waals surface area contributed by atoms with Crippen LogP contribution in [0.25, 0.3) is 0 Å². The van der Waals surface area contributed by atoms with Gasteiger partial charge in [0.15, 0.2) is 0 Å². The molecule has 0 radical (unpaired) electrons. The first-order valence-electron chi connectivity index (χ1n) is 10.2. The quantitative estimate of drug-likeness (QED) is 0.0999. The van der Waals surface area contributed by atoms with Gasteiger partial charge < -0.3 is 35.5 Å². The minimum atomic E-state index is -1.70. The number of nitrogens with two attached hydrogens (primary N) is 1. The fourth-order valence-corrected chi connectivity index (χ4v) is 2.99. The van der Waals surface area contributed by atoms with Gasteiger partial charge in [-0.05, 0) is 42.8 Å². The predicted molar refractivity (Wildman–Crippen MR) is 117 cm³/mol. The molecule has 1 amide bonds. The van der Waals surface area contributed by atoms with Crippen LogP contribution in [0.5, 0.6) is 5.75 Å². The average molecular weight is 489 g/mol. The zero-order chi connectivity index (χ0) is 26.1. The van der Waals surface area contributed by atoms with Crippen molar-refractivity contribution in [3.63, 3.8) is 0 Å². The number of carbonyl (C=O) groups excluding carboxylic acids is 2. The maximum absolute atomic E-state index is 12.6. The van der Waals surface area contributed by atoms with Crippen molar-refractivity contribution >= 4 is 35.6 Å². The lowest BCUT2D eigenvalue weighted by atomic mass is 9.96. The number of furan rings is 1. The Bertz CT molecular complexity index is 1120. The SMILES string of the molecule is N=C(N)c1ccc(OC(=O)c2ccc(CC(CCC(=O)O)C(=O)N[C@@H](CC(=O)O)C(=O)O)o2)cc1. The Hall–Kier alpha value is -4.68. The lowest BCUT2D eigenvalue weighted by molar-refractivity contribution is -0.147. The number of esters is 1.